The molecule has 1 aliphatic heterocycles. The molecule has 19 heteroatoms. The molecule has 0 aromatic heterocycles. The molecule has 1 fully saturated rings. The highest BCUT2D eigenvalue weighted by molar-refractivity contribution is 9.10. The van der Waals surface area contributed by atoms with Crippen molar-refractivity contribution in [2.45, 2.75) is 65.8 Å². The smallest absolute Gasteiger partial charge is 0.324 e. The van der Waals surface area contributed by atoms with E-state index >= 15 is 0 Å². The first kappa shape index (κ1) is 48.6. The van der Waals surface area contributed by atoms with Gasteiger partial charge in [-0.3, -0.25) is 24.1 Å². The molecule has 0 unspecified atom stereocenters. The number of esters is 4. The molecule has 1 aliphatic rings. The van der Waals surface area contributed by atoms with Crippen molar-refractivity contribution in [2.24, 2.45) is 0 Å². The van der Waals surface area contributed by atoms with Gasteiger partial charge < -0.3 is 18.9 Å². The first-order chi connectivity index (χ1) is 27.6. The van der Waals surface area contributed by atoms with Crippen LogP contribution < -0.4 is 0 Å². The van der Waals surface area contributed by atoms with Gasteiger partial charge in [0.2, 0.25) is 20.0 Å². The van der Waals surface area contributed by atoms with Gasteiger partial charge in [-0.15, -0.1) is 0 Å². The topological polar surface area (TPSA) is 183 Å². The molecule has 0 spiro atoms. The van der Waals surface area contributed by atoms with E-state index < -0.39 is 65.7 Å². The lowest BCUT2D eigenvalue weighted by atomic mass is 10.1. The lowest BCUT2D eigenvalue weighted by Crippen LogP contribution is -2.64. The third kappa shape index (κ3) is 13.7. The molecule has 0 bridgehead atoms. The van der Waals surface area contributed by atoms with Gasteiger partial charge in [-0.1, -0.05) is 98.6 Å². The Morgan fingerprint density at radius 1 is 0.621 bits per heavy atom. The van der Waals surface area contributed by atoms with Crippen LogP contribution in [0.2, 0.25) is 0 Å². The number of hydrogen-bond donors (Lipinski definition) is 0. The van der Waals surface area contributed by atoms with Gasteiger partial charge in [-0.05, 0) is 57.5 Å². The Morgan fingerprint density at radius 2 is 1.00 bits per heavy atom. The SMILES string of the molecule is CCOC(=O)[C@H](Br)CN(C[C@H](Br)C(=O)OCC)S(=O)(=O)c1ccccc1.CCOC(=O)[C@H]1CN(S(=O)(=O)c2ccccc2)C[C@@H](C(=O)OCC)N1Cc1ccccc1. The summed E-state index contributed by atoms with van der Waals surface area (Å²) in [6, 6.07) is 23.2. The van der Waals surface area contributed by atoms with Crippen molar-refractivity contribution in [3.05, 3.63) is 96.6 Å². The van der Waals surface area contributed by atoms with Crippen molar-refractivity contribution in [2.75, 3.05) is 52.6 Å². The molecule has 15 nitrogen and oxygen atoms in total. The van der Waals surface area contributed by atoms with Gasteiger partial charge in [0, 0.05) is 32.7 Å². The highest BCUT2D eigenvalue weighted by Gasteiger charge is 2.46. The summed E-state index contributed by atoms with van der Waals surface area (Å²) in [4.78, 5) is 49.6. The van der Waals surface area contributed by atoms with Crippen molar-refractivity contribution >= 4 is 75.8 Å². The molecule has 318 valence electrons. The zero-order valence-corrected chi connectivity index (χ0v) is 37.5. The van der Waals surface area contributed by atoms with Gasteiger partial charge >= 0.3 is 23.9 Å². The third-order valence-electron chi connectivity index (χ3n) is 8.45. The summed E-state index contributed by atoms with van der Waals surface area (Å²) < 4.78 is 75.0. The van der Waals surface area contributed by atoms with Crippen molar-refractivity contribution in [1.82, 2.24) is 13.5 Å². The second kappa shape index (κ2) is 23.8. The van der Waals surface area contributed by atoms with Gasteiger partial charge in [-0.25, -0.2) is 16.8 Å². The minimum Gasteiger partial charge on any atom is -0.465 e. The van der Waals surface area contributed by atoms with Crippen LogP contribution in [0.4, 0.5) is 0 Å². The van der Waals surface area contributed by atoms with Crippen LogP contribution in [0.5, 0.6) is 0 Å². The van der Waals surface area contributed by atoms with Crippen LogP contribution >= 0.6 is 31.9 Å². The fourth-order valence-corrected chi connectivity index (χ4v) is 10.0. The first-order valence-electron chi connectivity index (χ1n) is 18.5. The van der Waals surface area contributed by atoms with Crippen molar-refractivity contribution in [3.63, 3.8) is 0 Å². The second-order valence-electron chi connectivity index (χ2n) is 12.4. The Kier molecular flexibility index (Phi) is 19.9. The first-order valence-corrected chi connectivity index (χ1v) is 23.2. The maximum atomic E-state index is 13.3. The summed E-state index contributed by atoms with van der Waals surface area (Å²) in [5.41, 5.74) is 0.885. The summed E-state index contributed by atoms with van der Waals surface area (Å²) in [6.07, 6.45) is 0. The zero-order chi connectivity index (χ0) is 42.9. The Bertz CT molecular complexity index is 1940. The number of carbonyl (C=O) groups excluding carboxylic acids is 4. The number of halogens is 2. The van der Waals surface area contributed by atoms with E-state index in [4.69, 9.17) is 18.9 Å². The standard InChI is InChI=1S/C23H28N2O6S.C16H21Br2NO6S/c1-3-30-22(26)20-16-24(32(28,29)19-13-9-6-10-14-19)17-21(23(27)31-4-2)25(20)15-18-11-7-5-8-12-18;1-3-24-15(20)13(17)10-19(11-14(18)16(21)25-4-2)26(22,23)12-8-6-5-7-9-12/h5-14,20-21H,3-4,15-17H2,1-2H3;5-9,13-14H,3-4,10-11H2,1-2H3/t20-,21+;13-,14+. The van der Waals surface area contributed by atoms with E-state index in [0.29, 0.717) is 0 Å². The molecule has 1 heterocycles. The summed E-state index contributed by atoms with van der Waals surface area (Å²) in [7, 11) is -7.86. The van der Waals surface area contributed by atoms with E-state index in [1.807, 2.05) is 30.3 Å². The number of benzene rings is 3. The fraction of sp³-hybridized carbons (Fsp3) is 0.436. The van der Waals surface area contributed by atoms with Crippen LogP contribution in [0.3, 0.4) is 0 Å². The minimum atomic E-state index is -3.93. The number of sulfonamides is 2. The molecule has 3 aromatic rings. The predicted molar refractivity (Wildman–Crippen MR) is 222 cm³/mol. The summed E-state index contributed by atoms with van der Waals surface area (Å²) in [5, 5.41) is 0. The molecular weight excluding hydrogens is 926 g/mol. The molecule has 0 N–H and O–H groups in total. The summed E-state index contributed by atoms with van der Waals surface area (Å²) >= 11 is 6.31. The predicted octanol–water partition coefficient (Wildman–Crippen LogP) is 4.39. The van der Waals surface area contributed by atoms with Crippen LogP contribution in [0.1, 0.15) is 33.3 Å². The second-order valence-corrected chi connectivity index (χ2v) is 18.5. The summed E-state index contributed by atoms with van der Waals surface area (Å²) in [6.45, 7) is 6.95. The van der Waals surface area contributed by atoms with Crippen LogP contribution in [0, 0.1) is 0 Å². The Hall–Kier alpha value is -3.72. The third-order valence-corrected chi connectivity index (χ3v) is 13.5. The Morgan fingerprint density at radius 3 is 1.40 bits per heavy atom. The molecule has 3 aromatic carbocycles. The van der Waals surface area contributed by atoms with Crippen LogP contribution in [0.15, 0.2) is 101 Å². The normalized spacial score (nSPS) is 17.2. The van der Waals surface area contributed by atoms with E-state index in [2.05, 4.69) is 31.9 Å². The number of rotatable bonds is 18. The van der Waals surface area contributed by atoms with E-state index in [1.54, 1.807) is 69.0 Å². The molecule has 0 saturated carbocycles. The number of hydrogen-bond acceptors (Lipinski definition) is 13. The number of nitrogens with zero attached hydrogens (tertiary/aromatic N) is 3. The fourth-order valence-electron chi connectivity index (χ4n) is 5.72. The number of piperazine rings is 1. The Balaban J connectivity index is 0.000000318. The molecular formula is C39H49Br2N3O12S2. The van der Waals surface area contributed by atoms with Crippen LogP contribution in [-0.2, 0) is 64.7 Å². The number of carbonyl (C=O) groups is 4. The van der Waals surface area contributed by atoms with E-state index in [1.165, 1.54) is 28.6 Å². The van der Waals surface area contributed by atoms with Crippen molar-refractivity contribution in [3.8, 4) is 0 Å². The average molecular weight is 976 g/mol. The summed E-state index contributed by atoms with van der Waals surface area (Å²) in [5.74, 6) is -2.32. The van der Waals surface area contributed by atoms with Crippen LogP contribution in [-0.4, -0.2) is 129 Å². The molecule has 58 heavy (non-hydrogen) atoms. The monoisotopic (exact) mass is 973 g/mol. The molecule has 4 rings (SSSR count). The van der Waals surface area contributed by atoms with Gasteiger partial charge in [-0.2, -0.15) is 8.61 Å². The number of alkyl halides is 2. The lowest BCUT2D eigenvalue weighted by molar-refractivity contribution is -0.161. The molecule has 1 saturated heterocycles. The van der Waals surface area contributed by atoms with Gasteiger partial charge in [0.1, 0.15) is 21.7 Å². The van der Waals surface area contributed by atoms with E-state index in [9.17, 15) is 36.0 Å². The van der Waals surface area contributed by atoms with Crippen molar-refractivity contribution in [1.29, 1.82) is 0 Å². The Labute approximate surface area is 357 Å². The van der Waals surface area contributed by atoms with E-state index in [-0.39, 0.29) is 68.9 Å². The minimum absolute atomic E-state index is 0.0621. The quantitative estimate of drug-likeness (QED) is 0.0996. The highest BCUT2D eigenvalue weighted by Crippen LogP contribution is 2.27. The molecule has 0 amide bonds. The van der Waals surface area contributed by atoms with Crippen molar-refractivity contribution < 1.29 is 55.0 Å². The molecule has 4 atom stereocenters. The van der Waals surface area contributed by atoms with Crippen LogP contribution in [0.25, 0.3) is 0 Å². The van der Waals surface area contributed by atoms with Gasteiger partial charge in [0.15, 0.2) is 0 Å². The average Bonchev–Trinajstić information content (AvgIpc) is 3.22. The maximum absolute atomic E-state index is 13.3. The largest absolute Gasteiger partial charge is 0.465 e. The molecule has 0 radical (unpaired) electrons. The number of ether oxygens (including phenoxy) is 4. The highest BCUT2D eigenvalue weighted by atomic mass is 79.9. The van der Waals surface area contributed by atoms with E-state index in [0.717, 1.165) is 9.87 Å². The maximum Gasteiger partial charge on any atom is 0.324 e. The van der Waals surface area contributed by atoms with Gasteiger partial charge in [0.25, 0.3) is 0 Å². The lowest BCUT2D eigenvalue weighted by Gasteiger charge is -2.43. The zero-order valence-electron chi connectivity index (χ0n) is 32.6. The molecule has 0 aliphatic carbocycles. The van der Waals surface area contributed by atoms with Gasteiger partial charge in [0.05, 0.1) is 36.2 Å².